The number of aromatic amines is 2. The summed E-state index contributed by atoms with van der Waals surface area (Å²) in [5, 5.41) is 32.2. The minimum Gasteiger partial charge on any atom is -0.506 e. The van der Waals surface area contributed by atoms with Crippen LogP contribution >= 0.6 is 0 Å². The molecule has 2 saturated heterocycles. The van der Waals surface area contributed by atoms with Crippen LogP contribution < -0.4 is 25.5 Å². The van der Waals surface area contributed by atoms with Gasteiger partial charge in [-0.3, -0.25) is 19.4 Å². The first kappa shape index (κ1) is 49.0. The zero-order chi connectivity index (χ0) is 50.5. The number of hydrogen-bond acceptors (Lipinski definition) is 14. The van der Waals surface area contributed by atoms with Gasteiger partial charge in [0.15, 0.2) is 17.3 Å². The predicted molar refractivity (Wildman–Crippen MR) is 276 cm³/mol. The number of carbonyl (C=O) groups is 2. The van der Waals surface area contributed by atoms with E-state index in [0.29, 0.717) is 16.7 Å². The van der Waals surface area contributed by atoms with Crippen LogP contribution in [-0.4, -0.2) is 117 Å². The number of aryl methyl sites for hydroxylation is 2. The quantitative estimate of drug-likeness (QED) is 0.0477. The van der Waals surface area contributed by atoms with Gasteiger partial charge in [0, 0.05) is 121 Å². The monoisotopic (exact) mass is 992 g/mol. The summed E-state index contributed by atoms with van der Waals surface area (Å²) in [6.07, 6.45) is 10.9. The molecule has 72 heavy (non-hydrogen) atoms. The van der Waals surface area contributed by atoms with Crippen LogP contribution in [0.2, 0.25) is 0 Å². The van der Waals surface area contributed by atoms with Crippen LogP contribution in [0.5, 0.6) is 11.5 Å². The van der Waals surface area contributed by atoms with Gasteiger partial charge in [-0.1, -0.05) is 0 Å². The highest BCUT2D eigenvalue weighted by molar-refractivity contribution is 7.86. The summed E-state index contributed by atoms with van der Waals surface area (Å²) in [5.74, 6) is -0.708. The Labute approximate surface area is 416 Å². The second-order valence-corrected chi connectivity index (χ2v) is 20.0. The zero-order valence-corrected chi connectivity index (χ0v) is 40.8. The first-order valence-electron chi connectivity index (χ1n) is 24.0. The average molecular weight is 993 g/mol. The Morgan fingerprint density at radius 2 is 1.11 bits per heavy atom. The number of H-pyrrole nitrogens is 2. The number of carbonyl (C=O) groups excluding carboxylic acids is 2. The third kappa shape index (κ3) is 11.3. The number of primary amides is 2. The van der Waals surface area contributed by atoms with Gasteiger partial charge in [-0.25, -0.2) is 0 Å². The van der Waals surface area contributed by atoms with Crippen molar-refractivity contribution in [3.63, 3.8) is 0 Å². The summed E-state index contributed by atoms with van der Waals surface area (Å²) >= 11 is 0. The van der Waals surface area contributed by atoms with E-state index in [4.69, 9.17) is 24.5 Å². The fourth-order valence-electron chi connectivity index (χ4n) is 9.70. The maximum atomic E-state index is 11.5. The van der Waals surface area contributed by atoms with E-state index >= 15 is 0 Å². The van der Waals surface area contributed by atoms with Crippen LogP contribution in [0.15, 0.2) is 94.0 Å². The van der Waals surface area contributed by atoms with Crippen LogP contribution in [0.4, 0.5) is 11.4 Å². The molecule has 18 nitrogen and oxygen atoms in total. The first-order valence-corrected chi connectivity index (χ1v) is 25.8. The van der Waals surface area contributed by atoms with Gasteiger partial charge in [-0.05, 0) is 123 Å². The van der Waals surface area contributed by atoms with Crippen molar-refractivity contribution in [2.24, 2.45) is 11.5 Å². The summed E-state index contributed by atoms with van der Waals surface area (Å²) in [6.45, 7) is 9.77. The predicted octanol–water partition coefficient (Wildman–Crippen LogP) is 7.10. The lowest BCUT2D eigenvalue weighted by Gasteiger charge is -2.36. The van der Waals surface area contributed by atoms with Crippen molar-refractivity contribution in [3.05, 3.63) is 119 Å². The van der Waals surface area contributed by atoms with Crippen LogP contribution in [0.1, 0.15) is 69.0 Å². The molecule has 0 atom stereocenters. The van der Waals surface area contributed by atoms with Crippen LogP contribution in [0.3, 0.4) is 0 Å². The zero-order valence-electron chi connectivity index (χ0n) is 39.9. The molecule has 2 fully saturated rings. The van der Waals surface area contributed by atoms with Crippen molar-refractivity contribution in [1.82, 2.24) is 19.8 Å². The Kier molecular flexibility index (Phi) is 14.4. The number of nitrogens with one attached hydrogen (secondary N) is 2. The number of nitrogens with zero attached hydrogens (tertiary/aromatic N) is 6. The second kappa shape index (κ2) is 21.2. The van der Waals surface area contributed by atoms with Crippen molar-refractivity contribution < 1.29 is 36.1 Å². The first-order chi connectivity index (χ1) is 34.7. The SMILES string of the molecule is CS(=O)(=O)Oc1cc2[nH]cc(CCCCN3CCN(c4ccc5oc(C(N)=O)cc5c4)CC3)c2cc1C#N.N#Cc1cc2c(CCCCN3CCN(c4ccc5oc(C(N)=O)cc5c4)CC3)c[nH]c2cc1O. The van der Waals surface area contributed by atoms with E-state index in [2.05, 4.69) is 35.6 Å². The molecule has 372 valence electrons. The summed E-state index contributed by atoms with van der Waals surface area (Å²) < 4.78 is 39.0. The Hall–Kier alpha value is -7.97. The van der Waals surface area contributed by atoms with Crippen molar-refractivity contribution >= 4 is 77.1 Å². The summed E-state index contributed by atoms with van der Waals surface area (Å²) in [6, 6.07) is 26.0. The van der Waals surface area contributed by atoms with E-state index in [1.807, 2.05) is 54.9 Å². The number of aromatic hydroxyl groups is 1. The number of furan rings is 2. The topological polar surface area (TPSA) is 268 Å². The number of aromatic nitrogens is 2. The number of hydrogen-bond donors (Lipinski definition) is 5. The van der Waals surface area contributed by atoms with Gasteiger partial charge >= 0.3 is 10.1 Å². The second-order valence-electron chi connectivity index (χ2n) is 18.4. The number of nitriles is 2. The molecule has 0 unspecified atom stereocenters. The molecule has 0 radical (unpaired) electrons. The lowest BCUT2D eigenvalue weighted by atomic mass is 10.0. The Morgan fingerprint density at radius 1 is 0.653 bits per heavy atom. The van der Waals surface area contributed by atoms with Gasteiger partial charge in [-0.2, -0.15) is 18.9 Å². The molecular formula is C53H56N10O8S. The third-order valence-corrected chi connectivity index (χ3v) is 14.0. The molecule has 2 aliphatic heterocycles. The molecule has 8 aromatic rings. The number of benzene rings is 4. The number of amides is 2. The minimum atomic E-state index is -3.72. The number of phenolic OH excluding ortho intramolecular Hbond substituents is 1. The number of piperazine rings is 2. The van der Waals surface area contributed by atoms with Gasteiger partial charge < -0.3 is 49.4 Å². The fourth-order valence-corrected chi connectivity index (χ4v) is 10.2. The van der Waals surface area contributed by atoms with E-state index in [-0.39, 0.29) is 28.6 Å². The summed E-state index contributed by atoms with van der Waals surface area (Å²) in [4.78, 5) is 38.8. The van der Waals surface area contributed by atoms with Crippen LogP contribution in [0.25, 0.3) is 43.7 Å². The molecule has 4 aromatic heterocycles. The Balaban J connectivity index is 0.000000179. The lowest BCUT2D eigenvalue weighted by Crippen LogP contribution is -2.46. The van der Waals surface area contributed by atoms with E-state index in [0.717, 1.165) is 160 Å². The van der Waals surface area contributed by atoms with Crippen LogP contribution in [0, 0.1) is 22.7 Å². The maximum absolute atomic E-state index is 11.5. The van der Waals surface area contributed by atoms with Gasteiger partial charge in [0.25, 0.3) is 11.8 Å². The Morgan fingerprint density at radius 3 is 1.56 bits per heavy atom. The molecular weight excluding hydrogens is 937 g/mol. The fraction of sp³-hybridized carbons (Fsp3) is 0.321. The molecule has 4 aromatic carbocycles. The standard InChI is InChI=1S/C27H29N5O5S.C26H27N5O3/c1-38(34,35)37-25-15-23-22(13-20(25)16-28)18(17-30-23)4-2-3-7-31-8-10-32(11-9-31)21-5-6-24-19(12-21)14-26(36-24)27(29)33;27-15-19-12-21-17(16-29-22(21)14-23(19)32)3-1-2-6-30-7-9-31(10-8-30)20-4-5-24-18(11-20)13-25(34-24)26(28)33/h5-6,12-15,17,30H,2-4,7-11H2,1H3,(H2,29,33);4-5,11-14,16,29,32H,1-3,6-10H2,(H2,28,33). The molecule has 0 spiro atoms. The van der Waals surface area contributed by atoms with Crippen molar-refractivity contribution in [3.8, 4) is 23.6 Å². The van der Waals surface area contributed by atoms with E-state index in [9.17, 15) is 33.6 Å². The normalized spacial score (nSPS) is 14.7. The van der Waals surface area contributed by atoms with Gasteiger partial charge in [0.05, 0.1) is 17.4 Å². The van der Waals surface area contributed by atoms with Gasteiger partial charge in [0.2, 0.25) is 0 Å². The van der Waals surface area contributed by atoms with E-state index in [1.165, 1.54) is 5.56 Å². The Bertz CT molecular complexity index is 3490. The van der Waals surface area contributed by atoms with E-state index < -0.39 is 21.9 Å². The lowest BCUT2D eigenvalue weighted by molar-refractivity contribution is 0.0968. The minimum absolute atomic E-state index is 0.0163. The number of phenols is 1. The third-order valence-electron chi connectivity index (χ3n) is 13.5. The van der Waals surface area contributed by atoms with Gasteiger partial charge in [-0.15, -0.1) is 0 Å². The molecule has 10 rings (SSSR count). The van der Waals surface area contributed by atoms with Crippen molar-refractivity contribution in [2.75, 3.05) is 81.5 Å². The van der Waals surface area contributed by atoms with Crippen molar-refractivity contribution in [1.29, 1.82) is 10.5 Å². The highest BCUT2D eigenvalue weighted by Crippen LogP contribution is 2.32. The number of rotatable bonds is 16. The molecule has 2 aliphatic rings. The average Bonchev–Trinajstić information content (AvgIpc) is 4.18. The molecule has 19 heteroatoms. The molecule has 2 amide bonds. The molecule has 0 saturated carbocycles. The number of anilines is 2. The number of unbranched alkanes of at least 4 members (excludes halogenated alkanes) is 2. The van der Waals surface area contributed by atoms with Gasteiger partial charge in [0.1, 0.15) is 29.1 Å². The molecule has 0 aliphatic carbocycles. The highest BCUT2D eigenvalue weighted by Gasteiger charge is 2.21. The van der Waals surface area contributed by atoms with Crippen LogP contribution in [-0.2, 0) is 23.0 Å². The largest absolute Gasteiger partial charge is 0.506 e. The number of nitrogens with two attached hydrogens (primary N) is 2. The maximum Gasteiger partial charge on any atom is 0.306 e. The van der Waals surface area contributed by atoms with E-state index in [1.54, 1.807) is 36.4 Å². The molecule has 6 heterocycles. The van der Waals surface area contributed by atoms with Crippen molar-refractivity contribution in [2.45, 2.75) is 38.5 Å². The summed E-state index contributed by atoms with van der Waals surface area (Å²) in [5.41, 5.74) is 18.6. The molecule has 7 N–H and O–H groups in total. The smallest absolute Gasteiger partial charge is 0.306 e. The summed E-state index contributed by atoms with van der Waals surface area (Å²) in [7, 11) is -3.72. The highest BCUT2D eigenvalue weighted by atomic mass is 32.2. The number of fused-ring (bicyclic) bond motifs is 4. The molecule has 0 bridgehead atoms.